The zero-order valence-corrected chi connectivity index (χ0v) is 16.0. The van der Waals surface area contributed by atoms with E-state index >= 15 is 0 Å². The number of hydrogen-bond acceptors (Lipinski definition) is 8. The molecule has 0 saturated carbocycles. The molecule has 0 fully saturated rings. The number of pyridine rings is 1. The average Bonchev–Trinajstić information content (AvgIpc) is 2.74. The minimum Gasteiger partial charge on any atom is -0.497 e. The maximum Gasteiger partial charge on any atom is 0.225 e. The first-order valence-electron chi connectivity index (χ1n) is 8.80. The molecule has 0 aliphatic rings. The first-order chi connectivity index (χ1) is 13.6. The molecular formula is C20H23N5O3. The van der Waals surface area contributed by atoms with Crippen molar-refractivity contribution in [3.05, 3.63) is 48.7 Å². The molecule has 3 aromatic rings. The number of nitrogens with zero attached hydrogens (tertiary/aromatic N) is 3. The van der Waals surface area contributed by atoms with Crippen molar-refractivity contribution in [2.24, 2.45) is 0 Å². The van der Waals surface area contributed by atoms with Gasteiger partial charge in [-0.2, -0.15) is 4.98 Å². The summed E-state index contributed by atoms with van der Waals surface area (Å²) in [4.78, 5) is 13.4. The summed E-state index contributed by atoms with van der Waals surface area (Å²) in [6.45, 7) is 1.81. The number of aromatic nitrogens is 3. The number of aliphatic hydroxyl groups excluding tert-OH is 1. The molecule has 8 heteroatoms. The van der Waals surface area contributed by atoms with Crippen LogP contribution >= 0.6 is 0 Å². The van der Waals surface area contributed by atoms with Crippen LogP contribution in [0.1, 0.15) is 6.92 Å². The van der Waals surface area contributed by atoms with E-state index in [4.69, 9.17) is 9.47 Å². The Bertz CT molecular complexity index is 921. The topological polar surface area (TPSA) is 101 Å². The Kier molecular flexibility index (Phi) is 6.23. The van der Waals surface area contributed by atoms with Gasteiger partial charge in [-0.15, -0.1) is 0 Å². The van der Waals surface area contributed by atoms with Gasteiger partial charge in [-0.1, -0.05) is 6.07 Å². The Balaban J connectivity index is 1.99. The van der Waals surface area contributed by atoms with E-state index in [1.54, 1.807) is 32.5 Å². The van der Waals surface area contributed by atoms with Gasteiger partial charge in [0.25, 0.3) is 0 Å². The quantitative estimate of drug-likeness (QED) is 0.547. The monoisotopic (exact) mass is 381 g/mol. The number of anilines is 3. The van der Waals surface area contributed by atoms with E-state index in [1.165, 1.54) is 0 Å². The van der Waals surface area contributed by atoms with Crippen LogP contribution in [-0.2, 0) is 0 Å². The predicted molar refractivity (Wildman–Crippen MR) is 108 cm³/mol. The van der Waals surface area contributed by atoms with Gasteiger partial charge < -0.3 is 25.2 Å². The lowest BCUT2D eigenvalue weighted by Gasteiger charge is -2.15. The highest BCUT2D eigenvalue weighted by molar-refractivity contribution is 5.69. The van der Waals surface area contributed by atoms with Crippen LogP contribution in [0.15, 0.2) is 48.7 Å². The van der Waals surface area contributed by atoms with Crippen LogP contribution in [0.25, 0.3) is 11.4 Å². The fourth-order valence-electron chi connectivity index (χ4n) is 2.53. The number of rotatable bonds is 8. The molecule has 3 rings (SSSR count). The fraction of sp³-hybridized carbons (Fsp3) is 0.250. The molecule has 0 saturated heterocycles. The molecular weight excluding hydrogens is 358 g/mol. The highest BCUT2D eigenvalue weighted by atomic mass is 16.5. The van der Waals surface area contributed by atoms with Crippen molar-refractivity contribution in [2.45, 2.75) is 13.0 Å². The molecule has 0 aliphatic carbocycles. The van der Waals surface area contributed by atoms with Crippen molar-refractivity contribution in [3.63, 3.8) is 0 Å². The first kappa shape index (κ1) is 19.4. The van der Waals surface area contributed by atoms with Gasteiger partial charge >= 0.3 is 0 Å². The van der Waals surface area contributed by atoms with Gasteiger partial charge in [0, 0.05) is 24.4 Å². The van der Waals surface area contributed by atoms with Crippen molar-refractivity contribution in [1.29, 1.82) is 0 Å². The third-order valence-electron chi connectivity index (χ3n) is 3.97. The summed E-state index contributed by atoms with van der Waals surface area (Å²) in [5.41, 5.74) is 2.10. The number of methoxy groups -OCH3 is 2. The van der Waals surface area contributed by atoms with E-state index in [0.717, 1.165) is 5.69 Å². The zero-order valence-electron chi connectivity index (χ0n) is 16.0. The SMILES string of the molecule is COc1ccc(Nc2cc(-c3ccccn3)nc(N[C@@H](C)CO)n2)c(OC)c1. The molecule has 28 heavy (non-hydrogen) atoms. The largest absolute Gasteiger partial charge is 0.497 e. The summed E-state index contributed by atoms with van der Waals surface area (Å²) in [6.07, 6.45) is 1.71. The fourth-order valence-corrected chi connectivity index (χ4v) is 2.53. The Morgan fingerprint density at radius 3 is 2.57 bits per heavy atom. The van der Waals surface area contributed by atoms with Crippen molar-refractivity contribution in [2.75, 3.05) is 31.5 Å². The van der Waals surface area contributed by atoms with Crippen molar-refractivity contribution >= 4 is 17.5 Å². The van der Waals surface area contributed by atoms with E-state index in [2.05, 4.69) is 25.6 Å². The molecule has 0 aliphatic heterocycles. The lowest BCUT2D eigenvalue weighted by atomic mass is 10.2. The second-order valence-corrected chi connectivity index (χ2v) is 6.10. The summed E-state index contributed by atoms with van der Waals surface area (Å²) in [5, 5.41) is 15.7. The molecule has 1 atom stereocenters. The molecule has 1 aromatic carbocycles. The van der Waals surface area contributed by atoms with Crippen molar-refractivity contribution < 1.29 is 14.6 Å². The minimum atomic E-state index is -0.192. The number of ether oxygens (including phenoxy) is 2. The normalized spacial score (nSPS) is 11.6. The van der Waals surface area contributed by atoms with E-state index in [1.807, 2.05) is 37.3 Å². The molecule has 0 spiro atoms. The Morgan fingerprint density at radius 1 is 1.04 bits per heavy atom. The van der Waals surface area contributed by atoms with Crippen LogP contribution in [0, 0.1) is 0 Å². The van der Waals surface area contributed by atoms with Crippen LogP contribution in [0.5, 0.6) is 11.5 Å². The van der Waals surface area contributed by atoms with Gasteiger partial charge in [0.2, 0.25) is 5.95 Å². The minimum absolute atomic E-state index is 0.0355. The van der Waals surface area contributed by atoms with Crippen molar-refractivity contribution in [3.8, 4) is 22.9 Å². The smallest absolute Gasteiger partial charge is 0.225 e. The number of benzene rings is 1. The number of aliphatic hydroxyl groups is 1. The van der Waals surface area contributed by atoms with Crippen LogP contribution in [0.4, 0.5) is 17.5 Å². The Hall–Kier alpha value is -3.39. The highest BCUT2D eigenvalue weighted by Gasteiger charge is 2.12. The Labute approximate surface area is 163 Å². The molecule has 0 unspecified atom stereocenters. The van der Waals surface area contributed by atoms with Crippen molar-refractivity contribution in [1.82, 2.24) is 15.0 Å². The third-order valence-corrected chi connectivity index (χ3v) is 3.97. The van der Waals surface area contributed by atoms with Crippen LogP contribution < -0.4 is 20.1 Å². The second kappa shape index (κ2) is 9.01. The van der Waals surface area contributed by atoms with Crippen LogP contribution in [0.2, 0.25) is 0 Å². The van der Waals surface area contributed by atoms with Crippen LogP contribution in [-0.4, -0.2) is 46.9 Å². The summed E-state index contributed by atoms with van der Waals surface area (Å²) in [5.74, 6) is 2.26. The maximum absolute atomic E-state index is 9.33. The van der Waals surface area contributed by atoms with E-state index < -0.39 is 0 Å². The number of hydrogen-bond donors (Lipinski definition) is 3. The van der Waals surface area contributed by atoms with Gasteiger partial charge in [0.1, 0.15) is 17.3 Å². The summed E-state index contributed by atoms with van der Waals surface area (Å²) >= 11 is 0. The van der Waals surface area contributed by atoms with Gasteiger partial charge in [-0.3, -0.25) is 4.98 Å². The van der Waals surface area contributed by atoms with E-state index in [-0.39, 0.29) is 12.6 Å². The lowest BCUT2D eigenvalue weighted by Crippen LogP contribution is -2.21. The van der Waals surface area contributed by atoms with E-state index in [0.29, 0.717) is 34.7 Å². The van der Waals surface area contributed by atoms with Crippen LogP contribution in [0.3, 0.4) is 0 Å². The molecule has 8 nitrogen and oxygen atoms in total. The van der Waals surface area contributed by atoms with Gasteiger partial charge in [0.05, 0.1) is 37.9 Å². The first-order valence-corrected chi connectivity index (χ1v) is 8.80. The second-order valence-electron chi connectivity index (χ2n) is 6.10. The number of nitrogens with one attached hydrogen (secondary N) is 2. The predicted octanol–water partition coefficient (Wildman–Crippen LogP) is 3.09. The lowest BCUT2D eigenvalue weighted by molar-refractivity contribution is 0.281. The highest BCUT2D eigenvalue weighted by Crippen LogP contribution is 2.32. The zero-order chi connectivity index (χ0) is 19.9. The molecule has 146 valence electrons. The molecule has 2 aromatic heterocycles. The molecule has 0 radical (unpaired) electrons. The molecule has 0 amide bonds. The van der Waals surface area contributed by atoms with Gasteiger partial charge in [-0.25, -0.2) is 4.98 Å². The average molecular weight is 381 g/mol. The van der Waals surface area contributed by atoms with E-state index in [9.17, 15) is 5.11 Å². The standard InChI is InChI=1S/C20H23N5O3/c1-13(12-26)22-20-24-17(15-6-4-5-9-21-15)11-19(25-20)23-16-8-7-14(27-2)10-18(16)28-3/h4-11,13,26H,12H2,1-3H3,(H2,22,23,24,25)/t13-/m0/s1. The van der Waals surface area contributed by atoms with Gasteiger partial charge in [-0.05, 0) is 31.2 Å². The molecule has 3 N–H and O–H groups in total. The molecule has 0 bridgehead atoms. The molecule has 2 heterocycles. The van der Waals surface area contributed by atoms with Gasteiger partial charge in [0.15, 0.2) is 0 Å². The summed E-state index contributed by atoms with van der Waals surface area (Å²) in [7, 11) is 3.20. The maximum atomic E-state index is 9.33. The third kappa shape index (κ3) is 4.66. The Morgan fingerprint density at radius 2 is 1.89 bits per heavy atom. The summed E-state index contributed by atoms with van der Waals surface area (Å²) < 4.78 is 10.7. The summed E-state index contributed by atoms with van der Waals surface area (Å²) in [6, 6.07) is 12.7.